The largest absolute Gasteiger partial charge is 0.390 e. The molecule has 29 heavy (non-hydrogen) atoms. The molecule has 0 aromatic carbocycles. The molecule has 2 radical (unpaired) electrons. The zero-order valence-corrected chi connectivity index (χ0v) is 27.0. The van der Waals surface area contributed by atoms with Crippen LogP contribution in [0.1, 0.15) is 27.7 Å². The van der Waals surface area contributed by atoms with E-state index in [4.69, 9.17) is 19.7 Å². The molecule has 0 amide bonds. The van der Waals surface area contributed by atoms with Crippen molar-refractivity contribution >= 4 is 0 Å². The average Bonchev–Trinajstić information content (AvgIpc) is 2.63. The maximum Gasteiger partial charge on any atom is 0.181 e. The summed E-state index contributed by atoms with van der Waals surface area (Å²) < 4.78 is 10.6. The van der Waals surface area contributed by atoms with Crippen LogP contribution in [0.2, 0.25) is 0 Å². The second-order valence-electron chi connectivity index (χ2n) is 7.23. The first-order chi connectivity index (χ1) is 12.5. The van der Waals surface area contributed by atoms with Crippen LogP contribution in [0.15, 0.2) is 0 Å². The van der Waals surface area contributed by atoms with Gasteiger partial charge in [0.15, 0.2) is 6.29 Å². The fourth-order valence-electron chi connectivity index (χ4n) is 3.04. The minimum absolute atomic E-state index is 0. The van der Waals surface area contributed by atoms with Gasteiger partial charge in [0.1, 0.15) is 31.0 Å². The van der Waals surface area contributed by atoms with Gasteiger partial charge in [-0.25, -0.2) is 9.78 Å². The van der Waals surface area contributed by atoms with Gasteiger partial charge in [-0.2, -0.15) is 0 Å². The quantitative estimate of drug-likeness (QED) is 0.108. The summed E-state index contributed by atoms with van der Waals surface area (Å²) in [6.45, 7) is 7.27. The smallest absolute Gasteiger partial charge is 0.181 e. The molecular weight excluding hydrogens is 818 g/mol. The van der Waals surface area contributed by atoms with Crippen molar-refractivity contribution in [1.29, 1.82) is 0 Å². The molecule has 2 fully saturated rings. The number of rotatable bonds is 4. The van der Waals surface area contributed by atoms with Crippen molar-refractivity contribution in [3.05, 3.63) is 0 Å². The zero-order chi connectivity index (χ0) is 20.9. The molecule has 6 N–H and O–H groups in total. The van der Waals surface area contributed by atoms with Crippen LogP contribution >= 0.6 is 0 Å². The number of hydrogen-bond donors (Lipinski definition) is 6. The standard InChI is InChI=1S/C9H18O5.C8H16O5.2Ac/c1-5-6(2)14-7(4-13-12-3)9(11)8(5)10;1-3-4(2)13-7(8(11)12)6(10)5(3)9;;/h5-11H,4H2,1-3H3;3-12H,1-2H3;;/t5-,6-,7?,8?,9?;3-,4-,5?,6?,7?;;/m00../s1. The van der Waals surface area contributed by atoms with Crippen LogP contribution in [0.5, 0.6) is 0 Å². The molecule has 0 aromatic rings. The Morgan fingerprint density at radius 3 is 1.66 bits per heavy atom. The van der Waals surface area contributed by atoms with E-state index in [1.165, 1.54) is 7.11 Å². The Balaban J connectivity index is 0. The Labute approximate surface area is 243 Å². The fraction of sp³-hybridized carbons (Fsp3) is 1.00. The van der Waals surface area contributed by atoms with Gasteiger partial charge < -0.3 is 40.1 Å². The van der Waals surface area contributed by atoms with E-state index in [-0.39, 0.29) is 119 Å². The molecule has 6 unspecified atom stereocenters. The van der Waals surface area contributed by atoms with Crippen molar-refractivity contribution < 1.29 is 138 Å². The monoisotopic (exact) mass is 852 g/mol. The van der Waals surface area contributed by atoms with Crippen LogP contribution < -0.4 is 0 Å². The van der Waals surface area contributed by atoms with Gasteiger partial charge >= 0.3 is 0 Å². The predicted molar refractivity (Wildman–Crippen MR) is 92.2 cm³/mol. The molecule has 0 spiro atoms. The molecule has 168 valence electrons. The molecule has 0 aliphatic carbocycles. The van der Waals surface area contributed by atoms with E-state index in [2.05, 4.69) is 9.78 Å². The summed E-state index contributed by atoms with van der Waals surface area (Å²) in [7, 11) is 1.39. The second-order valence-corrected chi connectivity index (χ2v) is 7.23. The first-order valence-corrected chi connectivity index (χ1v) is 9.07. The summed E-state index contributed by atoms with van der Waals surface area (Å²) in [4.78, 5) is 9.10. The molecule has 12 heteroatoms. The maximum absolute atomic E-state index is 9.66. The molecule has 2 aliphatic heterocycles. The second kappa shape index (κ2) is 16.2. The number of ether oxygens (including phenoxy) is 2. The van der Waals surface area contributed by atoms with Crippen LogP contribution in [-0.4, -0.2) is 99.5 Å². The first-order valence-electron chi connectivity index (χ1n) is 9.07. The minimum Gasteiger partial charge on any atom is -0.390 e. The minimum atomic E-state index is -1.76. The number of hydrogen-bond acceptors (Lipinski definition) is 10. The fourth-order valence-corrected chi connectivity index (χ4v) is 3.04. The van der Waals surface area contributed by atoms with E-state index >= 15 is 0 Å². The van der Waals surface area contributed by atoms with Gasteiger partial charge in [-0.15, -0.1) is 0 Å². The van der Waals surface area contributed by atoms with Gasteiger partial charge in [-0.05, 0) is 13.8 Å². The Morgan fingerprint density at radius 2 is 1.21 bits per heavy atom. The average molecular weight is 852 g/mol. The molecule has 0 bridgehead atoms. The summed E-state index contributed by atoms with van der Waals surface area (Å²) in [5, 5.41) is 55.8. The SMILES string of the molecule is COOCC1O[C@@H](C)[C@H](C)C(O)C1O.C[C@@H]1OC(C(O)O)C(O)C(O)[C@H]1C.[Ac].[Ac]. The molecule has 2 aliphatic rings. The van der Waals surface area contributed by atoms with Crippen LogP contribution in [0.25, 0.3) is 0 Å². The van der Waals surface area contributed by atoms with Crippen LogP contribution in [0.4, 0.5) is 0 Å². The number of aliphatic hydroxyl groups is 6. The van der Waals surface area contributed by atoms with Crippen molar-refractivity contribution in [2.75, 3.05) is 13.7 Å². The molecule has 10 atom stereocenters. The third kappa shape index (κ3) is 9.70. The van der Waals surface area contributed by atoms with Crippen LogP contribution in [-0.2, 0) is 19.2 Å². The van der Waals surface area contributed by atoms with E-state index in [1.54, 1.807) is 13.8 Å². The zero-order valence-electron chi connectivity index (χ0n) is 17.5. The van der Waals surface area contributed by atoms with Gasteiger partial charge in [0.05, 0.1) is 31.5 Å². The Kier molecular flexibility index (Phi) is 18.8. The summed E-state index contributed by atoms with van der Waals surface area (Å²) in [6, 6.07) is 0. The summed E-state index contributed by atoms with van der Waals surface area (Å²) in [5.74, 6) is -0.297. The van der Waals surface area contributed by atoms with E-state index < -0.39 is 42.9 Å². The van der Waals surface area contributed by atoms with Crippen molar-refractivity contribution in [3.8, 4) is 0 Å². The van der Waals surface area contributed by atoms with Crippen molar-refractivity contribution in [3.63, 3.8) is 0 Å². The summed E-state index contributed by atoms with van der Waals surface area (Å²) in [5.41, 5.74) is 0. The van der Waals surface area contributed by atoms with Crippen molar-refractivity contribution in [1.82, 2.24) is 0 Å². The Hall–Kier alpha value is 2.48. The first kappa shape index (κ1) is 33.7. The molecule has 0 saturated carbocycles. The normalized spacial score (nSPS) is 42.2. The van der Waals surface area contributed by atoms with E-state index in [1.807, 2.05) is 13.8 Å². The summed E-state index contributed by atoms with van der Waals surface area (Å²) >= 11 is 0. The molecule has 2 saturated heterocycles. The van der Waals surface area contributed by atoms with Crippen LogP contribution in [0, 0.1) is 100.0 Å². The van der Waals surface area contributed by atoms with E-state index in [0.29, 0.717) is 0 Å². The summed E-state index contributed by atoms with van der Waals surface area (Å²) in [6.07, 6.45) is -7.73. The van der Waals surface area contributed by atoms with Crippen molar-refractivity contribution in [2.24, 2.45) is 11.8 Å². The van der Waals surface area contributed by atoms with Gasteiger partial charge in [0.25, 0.3) is 0 Å². The van der Waals surface area contributed by atoms with Gasteiger partial charge in [-0.1, -0.05) is 13.8 Å². The topological polar surface area (TPSA) is 158 Å². The Morgan fingerprint density at radius 1 is 0.759 bits per heavy atom. The maximum atomic E-state index is 9.66. The predicted octanol–water partition coefficient (Wildman–Crippen LogP) is -1.85. The van der Waals surface area contributed by atoms with Gasteiger partial charge in [0.2, 0.25) is 0 Å². The third-order valence-corrected chi connectivity index (χ3v) is 5.38. The van der Waals surface area contributed by atoms with Crippen LogP contribution in [0.3, 0.4) is 0 Å². The number of aliphatic hydroxyl groups excluding tert-OH is 5. The van der Waals surface area contributed by atoms with Gasteiger partial charge in [0, 0.05) is 100.0 Å². The molecule has 2 heterocycles. The molecular formula is C17H34Ac2O10. The third-order valence-electron chi connectivity index (χ3n) is 5.38. The molecule has 10 nitrogen and oxygen atoms in total. The van der Waals surface area contributed by atoms with Gasteiger partial charge in [-0.3, -0.25) is 0 Å². The molecule has 0 aromatic heterocycles. The Bertz CT molecular complexity index is 433. The van der Waals surface area contributed by atoms with E-state index in [9.17, 15) is 20.4 Å². The van der Waals surface area contributed by atoms with Crippen molar-refractivity contribution in [2.45, 2.75) is 82.8 Å². The molecule has 2 rings (SSSR count). The van der Waals surface area contributed by atoms with E-state index in [0.717, 1.165) is 0 Å².